The van der Waals surface area contributed by atoms with Crippen molar-refractivity contribution in [3.63, 3.8) is 0 Å². The molecule has 0 saturated heterocycles. The van der Waals surface area contributed by atoms with Gasteiger partial charge in [-0.15, -0.1) is 0 Å². The van der Waals surface area contributed by atoms with Crippen LogP contribution < -0.4 is 5.56 Å². The number of hydrogen-bond acceptors (Lipinski definition) is 2. The number of fused-ring (bicyclic) bond motifs is 1. The highest BCUT2D eigenvalue weighted by Gasteiger charge is 2.12. The van der Waals surface area contributed by atoms with Gasteiger partial charge < -0.3 is 4.57 Å². The van der Waals surface area contributed by atoms with Gasteiger partial charge in [0.2, 0.25) is 0 Å². The first-order chi connectivity index (χ1) is 8.50. The van der Waals surface area contributed by atoms with Crippen molar-refractivity contribution in [2.24, 2.45) is 0 Å². The molecule has 0 atom stereocenters. The van der Waals surface area contributed by atoms with E-state index in [2.05, 4.69) is 0 Å². The second-order valence-electron chi connectivity index (χ2n) is 4.88. The number of ketones is 1. The van der Waals surface area contributed by atoms with E-state index in [0.717, 1.165) is 10.9 Å². The molecule has 0 unspecified atom stereocenters. The number of rotatable bonds is 3. The number of nitrogens with zero attached hydrogens (tertiary/aromatic N) is 1. The summed E-state index contributed by atoms with van der Waals surface area (Å²) in [6, 6.07) is 9.68. The number of carbonyl (C=O) groups excluding carboxylic acids is 1. The summed E-state index contributed by atoms with van der Waals surface area (Å²) in [4.78, 5) is 23.6. The molecule has 18 heavy (non-hydrogen) atoms. The van der Waals surface area contributed by atoms with Gasteiger partial charge in [-0.05, 0) is 38.3 Å². The van der Waals surface area contributed by atoms with Crippen molar-refractivity contribution in [3.05, 3.63) is 46.2 Å². The van der Waals surface area contributed by atoms with E-state index in [1.54, 1.807) is 4.57 Å². The highest BCUT2D eigenvalue weighted by atomic mass is 16.1. The molecule has 2 rings (SSSR count). The fourth-order valence-electron chi connectivity index (χ4n) is 2.25. The molecule has 0 fully saturated rings. The molecule has 2 aromatic rings. The number of aromatic nitrogens is 1. The van der Waals surface area contributed by atoms with Crippen molar-refractivity contribution in [1.29, 1.82) is 0 Å². The third kappa shape index (κ3) is 2.21. The zero-order valence-electron chi connectivity index (χ0n) is 10.9. The van der Waals surface area contributed by atoms with Gasteiger partial charge in [0.15, 0.2) is 0 Å². The molecule has 1 aromatic carbocycles. The van der Waals surface area contributed by atoms with Gasteiger partial charge in [-0.1, -0.05) is 18.2 Å². The Hall–Kier alpha value is -1.90. The van der Waals surface area contributed by atoms with Crippen molar-refractivity contribution in [3.8, 4) is 0 Å². The molecule has 0 aliphatic carbocycles. The Balaban J connectivity index is 2.79. The Kier molecular flexibility index (Phi) is 3.32. The summed E-state index contributed by atoms with van der Waals surface area (Å²) >= 11 is 0. The van der Waals surface area contributed by atoms with Crippen molar-refractivity contribution in [2.45, 2.75) is 33.2 Å². The standard InChI is InChI=1S/C15H17NO2/c1-10(2)16-14-7-5-4-6-12(14)9-13(15(16)18)8-11(3)17/h4-7,9-10H,8H2,1-3H3. The molecule has 0 amide bonds. The lowest BCUT2D eigenvalue weighted by molar-refractivity contribution is -0.116. The first-order valence-corrected chi connectivity index (χ1v) is 6.13. The Morgan fingerprint density at radius 2 is 1.94 bits per heavy atom. The highest BCUT2D eigenvalue weighted by molar-refractivity contribution is 5.83. The summed E-state index contributed by atoms with van der Waals surface area (Å²) in [5.74, 6) is 0.0117. The molecule has 0 saturated carbocycles. The lowest BCUT2D eigenvalue weighted by atomic mass is 10.1. The van der Waals surface area contributed by atoms with Gasteiger partial charge in [0.1, 0.15) is 5.78 Å². The summed E-state index contributed by atoms with van der Waals surface area (Å²) in [6.45, 7) is 5.46. The van der Waals surface area contributed by atoms with Crippen LogP contribution in [-0.4, -0.2) is 10.4 Å². The molecule has 3 nitrogen and oxygen atoms in total. The van der Waals surface area contributed by atoms with Gasteiger partial charge in [0, 0.05) is 18.0 Å². The maximum absolute atomic E-state index is 12.4. The second kappa shape index (κ2) is 4.77. The largest absolute Gasteiger partial charge is 0.306 e. The van der Waals surface area contributed by atoms with E-state index < -0.39 is 0 Å². The van der Waals surface area contributed by atoms with Crippen molar-refractivity contribution >= 4 is 16.7 Å². The quantitative estimate of drug-likeness (QED) is 0.831. The minimum atomic E-state index is -0.0566. The number of Topliss-reactive ketones (excluding diaryl/α,β-unsaturated/α-hetero) is 1. The van der Waals surface area contributed by atoms with Crippen LogP contribution in [0.25, 0.3) is 10.9 Å². The lowest BCUT2D eigenvalue weighted by Crippen LogP contribution is -2.26. The number of hydrogen-bond donors (Lipinski definition) is 0. The van der Waals surface area contributed by atoms with Gasteiger partial charge in [0.25, 0.3) is 5.56 Å². The lowest BCUT2D eigenvalue weighted by Gasteiger charge is -2.15. The van der Waals surface area contributed by atoms with Crippen LogP contribution in [0, 0.1) is 0 Å². The number of benzene rings is 1. The summed E-state index contributed by atoms with van der Waals surface area (Å²) in [7, 11) is 0. The van der Waals surface area contributed by atoms with Crippen LogP contribution in [0.4, 0.5) is 0 Å². The fraction of sp³-hybridized carbons (Fsp3) is 0.333. The van der Waals surface area contributed by atoms with Gasteiger partial charge >= 0.3 is 0 Å². The number of para-hydroxylation sites is 1. The summed E-state index contributed by atoms with van der Waals surface area (Å²) in [5, 5.41) is 1.00. The zero-order chi connectivity index (χ0) is 13.3. The Morgan fingerprint density at radius 3 is 2.56 bits per heavy atom. The van der Waals surface area contributed by atoms with Crippen LogP contribution in [0.2, 0.25) is 0 Å². The van der Waals surface area contributed by atoms with E-state index in [1.165, 1.54) is 6.92 Å². The normalized spacial score (nSPS) is 11.1. The van der Waals surface area contributed by atoms with Gasteiger partial charge in [-0.3, -0.25) is 9.59 Å². The Bertz CT molecular complexity index is 653. The zero-order valence-corrected chi connectivity index (χ0v) is 10.9. The van der Waals surface area contributed by atoms with E-state index in [4.69, 9.17) is 0 Å². The highest BCUT2D eigenvalue weighted by Crippen LogP contribution is 2.17. The van der Waals surface area contributed by atoms with E-state index in [0.29, 0.717) is 5.56 Å². The molecule has 0 aliphatic rings. The van der Waals surface area contributed by atoms with Crippen LogP contribution in [0.15, 0.2) is 35.1 Å². The van der Waals surface area contributed by atoms with Crippen molar-refractivity contribution < 1.29 is 4.79 Å². The Morgan fingerprint density at radius 1 is 1.28 bits per heavy atom. The van der Waals surface area contributed by atoms with E-state index in [-0.39, 0.29) is 23.8 Å². The first-order valence-electron chi connectivity index (χ1n) is 6.13. The SMILES string of the molecule is CC(=O)Cc1cc2ccccc2n(C(C)C)c1=O. The predicted octanol–water partition coefficient (Wildman–Crippen LogP) is 2.71. The Labute approximate surface area is 106 Å². The average molecular weight is 243 g/mol. The van der Waals surface area contributed by atoms with Crippen LogP contribution >= 0.6 is 0 Å². The second-order valence-corrected chi connectivity index (χ2v) is 4.88. The molecule has 1 aromatic heterocycles. The fourth-order valence-corrected chi connectivity index (χ4v) is 2.25. The van der Waals surface area contributed by atoms with Gasteiger partial charge in [0.05, 0.1) is 5.52 Å². The maximum Gasteiger partial charge on any atom is 0.254 e. The summed E-state index contributed by atoms with van der Waals surface area (Å²) in [6.07, 6.45) is 0.205. The number of carbonyl (C=O) groups is 1. The van der Waals surface area contributed by atoms with Crippen molar-refractivity contribution in [1.82, 2.24) is 4.57 Å². The van der Waals surface area contributed by atoms with Crippen LogP contribution in [-0.2, 0) is 11.2 Å². The van der Waals surface area contributed by atoms with E-state index in [1.807, 2.05) is 44.2 Å². The minimum Gasteiger partial charge on any atom is -0.306 e. The molecular weight excluding hydrogens is 226 g/mol. The molecule has 3 heteroatoms. The maximum atomic E-state index is 12.4. The predicted molar refractivity (Wildman–Crippen MR) is 73.0 cm³/mol. The van der Waals surface area contributed by atoms with Crippen LogP contribution in [0.5, 0.6) is 0 Å². The molecule has 0 spiro atoms. The van der Waals surface area contributed by atoms with Crippen LogP contribution in [0.1, 0.15) is 32.4 Å². The molecule has 0 N–H and O–H groups in total. The average Bonchev–Trinajstić information content (AvgIpc) is 2.29. The van der Waals surface area contributed by atoms with E-state index >= 15 is 0 Å². The molecule has 0 radical (unpaired) electrons. The third-order valence-corrected chi connectivity index (χ3v) is 2.98. The van der Waals surface area contributed by atoms with Crippen molar-refractivity contribution in [2.75, 3.05) is 0 Å². The molecule has 1 heterocycles. The third-order valence-electron chi connectivity index (χ3n) is 2.98. The first kappa shape index (κ1) is 12.6. The molecular formula is C15H17NO2. The van der Waals surface area contributed by atoms with Gasteiger partial charge in [-0.2, -0.15) is 0 Å². The molecule has 0 bridgehead atoms. The number of pyridine rings is 1. The molecule has 94 valence electrons. The topological polar surface area (TPSA) is 39.1 Å². The minimum absolute atomic E-state index is 0.0117. The van der Waals surface area contributed by atoms with E-state index in [9.17, 15) is 9.59 Å². The summed E-state index contributed by atoms with van der Waals surface area (Å²) < 4.78 is 1.76. The smallest absolute Gasteiger partial charge is 0.254 e. The van der Waals surface area contributed by atoms with Crippen LogP contribution in [0.3, 0.4) is 0 Å². The summed E-state index contributed by atoms with van der Waals surface area (Å²) in [5.41, 5.74) is 1.44. The van der Waals surface area contributed by atoms with Gasteiger partial charge in [-0.25, -0.2) is 0 Å². The molecule has 0 aliphatic heterocycles. The monoisotopic (exact) mass is 243 g/mol.